The van der Waals surface area contributed by atoms with Gasteiger partial charge in [-0.15, -0.1) is 0 Å². The third-order valence-corrected chi connectivity index (χ3v) is 9.09. The Morgan fingerprint density at radius 2 is 1.12 bits per heavy atom. The fourth-order valence-electron chi connectivity index (χ4n) is 5.16. The Balaban J connectivity index is 4.51. The molecule has 1 amide bonds. The van der Waals surface area contributed by atoms with Gasteiger partial charge in [-0.3, -0.25) is 13.8 Å². The van der Waals surface area contributed by atoms with Crippen molar-refractivity contribution in [1.82, 2.24) is 5.32 Å². The molecule has 0 saturated carbocycles. The van der Waals surface area contributed by atoms with Gasteiger partial charge in [0.05, 0.1) is 39.9 Å². The molecule has 43 heavy (non-hydrogen) atoms. The van der Waals surface area contributed by atoms with Gasteiger partial charge in [-0.1, -0.05) is 142 Å². The number of aliphatic hydroxyl groups is 1. The molecule has 258 valence electrons. The number of amides is 1. The monoisotopic (exact) mass is 636 g/mol. The SMILES string of the molecule is CCCCCCCCCCCCCC(O)C(COP(=O)(O)OCC[N+](C)(C)C)NC(=O)CCCCCCCCCCCC. The first kappa shape index (κ1) is 42.5. The maximum Gasteiger partial charge on any atom is 0.472 e. The van der Waals surface area contributed by atoms with Crippen LogP contribution < -0.4 is 5.32 Å². The van der Waals surface area contributed by atoms with E-state index in [4.69, 9.17) is 9.05 Å². The van der Waals surface area contributed by atoms with Crippen LogP contribution >= 0.6 is 7.82 Å². The second-order valence-electron chi connectivity index (χ2n) is 13.6. The summed E-state index contributed by atoms with van der Waals surface area (Å²) >= 11 is 0. The summed E-state index contributed by atoms with van der Waals surface area (Å²) in [5.74, 6) is -0.148. The molecule has 0 aromatic carbocycles. The lowest BCUT2D eigenvalue weighted by atomic mass is 10.0. The topological polar surface area (TPSA) is 105 Å². The number of quaternary nitrogens is 1. The molecular weight excluding hydrogens is 563 g/mol. The number of hydrogen-bond donors (Lipinski definition) is 3. The summed E-state index contributed by atoms with van der Waals surface area (Å²) in [7, 11) is 1.62. The predicted octanol–water partition coefficient (Wildman–Crippen LogP) is 8.68. The van der Waals surface area contributed by atoms with Crippen molar-refractivity contribution < 1.29 is 32.9 Å². The summed E-state index contributed by atoms with van der Waals surface area (Å²) in [6, 6.07) is -0.749. The number of unbranched alkanes of at least 4 members (excludes halogenated alkanes) is 19. The maximum absolute atomic E-state index is 12.7. The molecule has 0 bridgehead atoms. The zero-order valence-electron chi connectivity index (χ0n) is 29.0. The molecule has 0 spiro atoms. The molecule has 0 radical (unpaired) electrons. The third kappa shape index (κ3) is 29.9. The third-order valence-electron chi connectivity index (χ3n) is 8.11. The number of phosphoric ester groups is 1. The van der Waals surface area contributed by atoms with Crippen LogP contribution in [0.3, 0.4) is 0 Å². The fourth-order valence-corrected chi connectivity index (χ4v) is 5.90. The molecule has 3 unspecified atom stereocenters. The number of carbonyl (C=O) groups excluding carboxylic acids is 1. The Hall–Kier alpha value is -0.500. The molecular formula is C34H72N2O6P+. The van der Waals surface area contributed by atoms with Crippen LogP contribution in [0.1, 0.15) is 162 Å². The van der Waals surface area contributed by atoms with E-state index in [0.717, 1.165) is 38.5 Å². The number of nitrogens with one attached hydrogen (secondary N) is 1. The van der Waals surface area contributed by atoms with Crippen molar-refractivity contribution in [1.29, 1.82) is 0 Å². The van der Waals surface area contributed by atoms with Crippen LogP contribution in [0.4, 0.5) is 0 Å². The summed E-state index contributed by atoms with van der Waals surface area (Å²) in [6.07, 6.45) is 25.5. The van der Waals surface area contributed by atoms with Gasteiger partial charge in [-0.2, -0.15) is 0 Å². The van der Waals surface area contributed by atoms with E-state index < -0.39 is 20.0 Å². The number of rotatable bonds is 32. The maximum atomic E-state index is 12.7. The normalized spacial score (nSPS) is 14.9. The smallest absolute Gasteiger partial charge is 0.391 e. The lowest BCUT2D eigenvalue weighted by molar-refractivity contribution is -0.870. The average Bonchev–Trinajstić information content (AvgIpc) is 2.94. The standard InChI is InChI=1S/C34H71N2O6P/c1-6-8-10-12-14-16-18-19-21-23-25-27-33(37)32(31-42-43(39,40)41-30-29-36(3,4)5)35-34(38)28-26-24-22-20-17-15-13-11-9-7-2/h32-33,37H,6-31H2,1-5H3,(H-,35,38,39,40)/p+1. The largest absolute Gasteiger partial charge is 0.472 e. The van der Waals surface area contributed by atoms with E-state index in [1.807, 2.05) is 21.1 Å². The molecule has 0 rings (SSSR count). The Morgan fingerprint density at radius 1 is 0.698 bits per heavy atom. The van der Waals surface area contributed by atoms with Gasteiger partial charge in [-0.05, 0) is 12.8 Å². The molecule has 0 aromatic heterocycles. The van der Waals surface area contributed by atoms with Gasteiger partial charge < -0.3 is 19.8 Å². The molecule has 0 heterocycles. The highest BCUT2D eigenvalue weighted by molar-refractivity contribution is 7.47. The van der Waals surface area contributed by atoms with E-state index in [2.05, 4.69) is 19.2 Å². The van der Waals surface area contributed by atoms with Gasteiger partial charge in [0.2, 0.25) is 5.91 Å². The van der Waals surface area contributed by atoms with E-state index >= 15 is 0 Å². The number of carbonyl (C=O) groups is 1. The highest BCUT2D eigenvalue weighted by Crippen LogP contribution is 2.43. The van der Waals surface area contributed by atoms with Crippen molar-refractivity contribution >= 4 is 13.7 Å². The molecule has 3 atom stereocenters. The Morgan fingerprint density at radius 3 is 1.56 bits per heavy atom. The van der Waals surface area contributed by atoms with Crippen LogP contribution in [-0.2, 0) is 18.4 Å². The van der Waals surface area contributed by atoms with Gasteiger partial charge in [0.15, 0.2) is 0 Å². The number of aliphatic hydroxyl groups excluding tert-OH is 1. The average molecular weight is 636 g/mol. The lowest BCUT2D eigenvalue weighted by Crippen LogP contribution is -2.46. The Bertz CT molecular complexity index is 688. The molecule has 0 fully saturated rings. The number of nitrogens with zero attached hydrogens (tertiary/aromatic N) is 1. The Labute approximate surface area is 266 Å². The number of hydrogen-bond acceptors (Lipinski definition) is 5. The summed E-state index contributed by atoms with van der Waals surface area (Å²) < 4.78 is 23.4. The second-order valence-corrected chi connectivity index (χ2v) is 15.1. The zero-order valence-corrected chi connectivity index (χ0v) is 29.9. The van der Waals surface area contributed by atoms with Gasteiger partial charge in [0, 0.05) is 6.42 Å². The van der Waals surface area contributed by atoms with Gasteiger partial charge in [-0.25, -0.2) is 4.57 Å². The number of likely N-dealkylation sites (N-methyl/N-ethyl adjacent to an activating group) is 1. The van der Waals surface area contributed by atoms with Crippen LogP contribution in [0.2, 0.25) is 0 Å². The van der Waals surface area contributed by atoms with Crippen molar-refractivity contribution in [3.63, 3.8) is 0 Å². The zero-order chi connectivity index (χ0) is 32.2. The van der Waals surface area contributed by atoms with Crippen molar-refractivity contribution in [3.8, 4) is 0 Å². The first-order valence-electron chi connectivity index (χ1n) is 17.9. The van der Waals surface area contributed by atoms with Crippen LogP contribution in [0.5, 0.6) is 0 Å². The highest BCUT2D eigenvalue weighted by Gasteiger charge is 2.28. The van der Waals surface area contributed by atoms with Crippen molar-refractivity contribution in [3.05, 3.63) is 0 Å². The summed E-state index contributed by atoms with van der Waals surface area (Å²) in [4.78, 5) is 22.9. The molecule has 3 N–H and O–H groups in total. The molecule has 0 aliphatic heterocycles. The van der Waals surface area contributed by atoms with Gasteiger partial charge in [0.25, 0.3) is 0 Å². The summed E-state index contributed by atoms with van der Waals surface area (Å²) in [6.45, 7) is 4.84. The van der Waals surface area contributed by atoms with Crippen LogP contribution in [0, 0.1) is 0 Å². The molecule has 0 saturated heterocycles. The molecule has 9 heteroatoms. The summed E-state index contributed by atoms with van der Waals surface area (Å²) in [5, 5.41) is 13.8. The predicted molar refractivity (Wildman–Crippen MR) is 180 cm³/mol. The minimum Gasteiger partial charge on any atom is -0.391 e. The highest BCUT2D eigenvalue weighted by atomic mass is 31.2. The molecule has 0 aliphatic rings. The van der Waals surface area contributed by atoms with Crippen LogP contribution in [0.15, 0.2) is 0 Å². The van der Waals surface area contributed by atoms with E-state index in [9.17, 15) is 19.4 Å². The first-order valence-corrected chi connectivity index (χ1v) is 19.4. The minimum absolute atomic E-state index is 0.0777. The van der Waals surface area contributed by atoms with E-state index in [0.29, 0.717) is 23.9 Å². The van der Waals surface area contributed by atoms with Crippen LogP contribution in [0.25, 0.3) is 0 Å². The molecule has 0 aromatic rings. The van der Waals surface area contributed by atoms with Crippen molar-refractivity contribution in [2.75, 3.05) is 40.9 Å². The summed E-state index contributed by atoms with van der Waals surface area (Å²) in [5.41, 5.74) is 0. The molecule has 8 nitrogen and oxygen atoms in total. The van der Waals surface area contributed by atoms with Crippen LogP contribution in [-0.4, -0.2) is 73.4 Å². The first-order chi connectivity index (χ1) is 20.5. The van der Waals surface area contributed by atoms with E-state index in [1.54, 1.807) is 0 Å². The fraction of sp³-hybridized carbons (Fsp3) is 0.971. The van der Waals surface area contributed by atoms with E-state index in [1.165, 1.54) is 96.3 Å². The Kier molecular flexibility index (Phi) is 27.5. The van der Waals surface area contributed by atoms with Gasteiger partial charge >= 0.3 is 7.82 Å². The number of phosphoric acid groups is 1. The minimum atomic E-state index is -4.29. The quantitative estimate of drug-likeness (QED) is 0.0388. The molecule has 0 aliphatic carbocycles. The van der Waals surface area contributed by atoms with Crippen molar-refractivity contribution in [2.24, 2.45) is 0 Å². The van der Waals surface area contributed by atoms with E-state index in [-0.39, 0.29) is 19.1 Å². The lowest BCUT2D eigenvalue weighted by Gasteiger charge is -2.26. The second kappa shape index (κ2) is 27.8. The van der Waals surface area contributed by atoms with Crippen molar-refractivity contribution in [2.45, 2.75) is 174 Å². The van der Waals surface area contributed by atoms with Gasteiger partial charge in [0.1, 0.15) is 13.2 Å².